The number of hydrogen-bond donors (Lipinski definition) is 2. The number of methoxy groups -OCH3 is 1. The fourth-order valence-electron chi connectivity index (χ4n) is 3.81. The van der Waals surface area contributed by atoms with Crippen molar-refractivity contribution in [3.8, 4) is 5.75 Å². The molecule has 0 atom stereocenters. The van der Waals surface area contributed by atoms with E-state index in [1.807, 2.05) is 68.5 Å². The quantitative estimate of drug-likeness (QED) is 0.510. The standard InChI is InChI=1S/C24H34N6O2/c1-25-24(26-17-19-8-7-9-20(16-19)27-23(31)18-28(2)3)30-14-12-29(13-15-30)21-10-5-6-11-22(21)32-4/h5-11,16H,12-15,17-18H2,1-4H3,(H,25,26)(H,27,31). The van der Waals surface area contributed by atoms with Gasteiger partial charge in [0.25, 0.3) is 0 Å². The molecule has 8 heteroatoms. The van der Waals surface area contributed by atoms with Gasteiger partial charge in [-0.1, -0.05) is 24.3 Å². The van der Waals surface area contributed by atoms with E-state index in [1.165, 1.54) is 0 Å². The van der Waals surface area contributed by atoms with Gasteiger partial charge >= 0.3 is 0 Å². The predicted octanol–water partition coefficient (Wildman–Crippen LogP) is 2.09. The van der Waals surface area contributed by atoms with Gasteiger partial charge in [0.1, 0.15) is 5.75 Å². The van der Waals surface area contributed by atoms with Crippen LogP contribution in [-0.4, -0.2) is 82.6 Å². The molecule has 1 saturated heterocycles. The Morgan fingerprint density at radius 1 is 1.09 bits per heavy atom. The summed E-state index contributed by atoms with van der Waals surface area (Å²) in [7, 11) is 7.28. The van der Waals surface area contributed by atoms with E-state index in [4.69, 9.17) is 4.74 Å². The van der Waals surface area contributed by atoms with Crippen molar-refractivity contribution in [2.75, 3.05) is 71.2 Å². The third kappa shape index (κ3) is 6.37. The zero-order chi connectivity index (χ0) is 22.9. The second-order valence-corrected chi connectivity index (χ2v) is 8.03. The van der Waals surface area contributed by atoms with Crippen LogP contribution in [0.2, 0.25) is 0 Å². The van der Waals surface area contributed by atoms with E-state index < -0.39 is 0 Å². The minimum atomic E-state index is -0.0242. The Morgan fingerprint density at radius 3 is 2.53 bits per heavy atom. The van der Waals surface area contributed by atoms with Crippen LogP contribution in [0, 0.1) is 0 Å². The van der Waals surface area contributed by atoms with Crippen molar-refractivity contribution < 1.29 is 9.53 Å². The monoisotopic (exact) mass is 438 g/mol. The van der Waals surface area contributed by atoms with Crippen LogP contribution in [0.3, 0.4) is 0 Å². The number of piperazine rings is 1. The molecule has 1 heterocycles. The minimum absolute atomic E-state index is 0.0242. The van der Waals surface area contributed by atoms with Crippen LogP contribution in [-0.2, 0) is 11.3 Å². The highest BCUT2D eigenvalue weighted by molar-refractivity contribution is 5.92. The maximum absolute atomic E-state index is 12.0. The van der Waals surface area contributed by atoms with Crippen LogP contribution in [0.15, 0.2) is 53.5 Å². The molecule has 2 aromatic rings. The Morgan fingerprint density at radius 2 is 1.84 bits per heavy atom. The molecule has 0 saturated carbocycles. The van der Waals surface area contributed by atoms with Crippen LogP contribution in [0.5, 0.6) is 5.75 Å². The van der Waals surface area contributed by atoms with Gasteiger partial charge in [0.2, 0.25) is 5.91 Å². The fourth-order valence-corrected chi connectivity index (χ4v) is 3.81. The van der Waals surface area contributed by atoms with Gasteiger partial charge < -0.3 is 30.1 Å². The third-order valence-corrected chi connectivity index (χ3v) is 5.34. The fraction of sp³-hybridized carbons (Fsp3) is 0.417. The smallest absolute Gasteiger partial charge is 0.238 e. The first-order chi connectivity index (χ1) is 15.5. The van der Waals surface area contributed by atoms with Crippen molar-refractivity contribution in [1.29, 1.82) is 0 Å². The number of nitrogens with zero attached hydrogens (tertiary/aromatic N) is 4. The van der Waals surface area contributed by atoms with E-state index in [1.54, 1.807) is 7.11 Å². The van der Waals surface area contributed by atoms with Crippen molar-refractivity contribution >= 4 is 23.2 Å². The molecule has 172 valence electrons. The van der Waals surface area contributed by atoms with E-state index >= 15 is 0 Å². The zero-order valence-electron chi connectivity index (χ0n) is 19.5. The summed E-state index contributed by atoms with van der Waals surface area (Å²) in [6, 6.07) is 16.0. The van der Waals surface area contributed by atoms with E-state index in [0.29, 0.717) is 13.1 Å². The number of ether oxygens (including phenoxy) is 1. The topological polar surface area (TPSA) is 72.4 Å². The Balaban J connectivity index is 1.53. The summed E-state index contributed by atoms with van der Waals surface area (Å²) in [5, 5.41) is 6.40. The molecule has 1 aliphatic rings. The number of hydrogen-bond acceptors (Lipinski definition) is 5. The highest BCUT2D eigenvalue weighted by Gasteiger charge is 2.21. The number of para-hydroxylation sites is 2. The van der Waals surface area contributed by atoms with E-state index in [9.17, 15) is 4.79 Å². The maximum atomic E-state index is 12.0. The zero-order valence-corrected chi connectivity index (χ0v) is 19.5. The molecule has 3 rings (SSSR count). The Bertz CT molecular complexity index is 922. The molecule has 0 bridgehead atoms. The highest BCUT2D eigenvalue weighted by Crippen LogP contribution is 2.28. The number of nitrogens with one attached hydrogen (secondary N) is 2. The lowest BCUT2D eigenvalue weighted by atomic mass is 10.2. The molecule has 0 radical (unpaired) electrons. The summed E-state index contributed by atoms with van der Waals surface area (Å²) in [6.07, 6.45) is 0. The van der Waals surface area contributed by atoms with Gasteiger partial charge in [-0.25, -0.2) is 0 Å². The average Bonchev–Trinajstić information content (AvgIpc) is 2.79. The minimum Gasteiger partial charge on any atom is -0.495 e. The SMILES string of the molecule is CN=C(NCc1cccc(NC(=O)CN(C)C)c1)N1CCN(c2ccccc2OC)CC1. The summed E-state index contributed by atoms with van der Waals surface area (Å²) in [6.45, 7) is 4.53. The lowest BCUT2D eigenvalue weighted by Crippen LogP contribution is -2.52. The Kier molecular flexibility index (Phi) is 8.33. The summed E-state index contributed by atoms with van der Waals surface area (Å²) in [5.74, 6) is 1.76. The van der Waals surface area contributed by atoms with Gasteiger partial charge in [0.15, 0.2) is 5.96 Å². The van der Waals surface area contributed by atoms with Crippen LogP contribution in [0.1, 0.15) is 5.56 Å². The summed E-state index contributed by atoms with van der Waals surface area (Å²) < 4.78 is 5.51. The van der Waals surface area contributed by atoms with Crippen LogP contribution < -0.4 is 20.3 Å². The lowest BCUT2D eigenvalue weighted by Gasteiger charge is -2.38. The summed E-state index contributed by atoms with van der Waals surface area (Å²) in [4.78, 5) is 23.0. The molecule has 1 fully saturated rings. The van der Waals surface area contributed by atoms with Gasteiger partial charge in [-0.15, -0.1) is 0 Å². The number of benzene rings is 2. The first-order valence-corrected chi connectivity index (χ1v) is 10.9. The lowest BCUT2D eigenvalue weighted by molar-refractivity contribution is -0.116. The summed E-state index contributed by atoms with van der Waals surface area (Å²) in [5.41, 5.74) is 3.02. The normalized spacial score (nSPS) is 14.5. The molecule has 2 aromatic carbocycles. The number of aliphatic imine (C=N–C) groups is 1. The second-order valence-electron chi connectivity index (χ2n) is 8.03. The number of likely N-dealkylation sites (N-methyl/N-ethyl adjacent to an activating group) is 1. The third-order valence-electron chi connectivity index (χ3n) is 5.34. The van der Waals surface area contributed by atoms with E-state index in [2.05, 4.69) is 31.5 Å². The number of rotatable bonds is 7. The van der Waals surface area contributed by atoms with Gasteiger partial charge in [-0.05, 0) is 43.9 Å². The van der Waals surface area contributed by atoms with Crippen LogP contribution >= 0.6 is 0 Å². The first kappa shape index (κ1) is 23.4. The Labute approximate surface area is 190 Å². The molecule has 2 N–H and O–H groups in total. The van der Waals surface area contributed by atoms with Crippen LogP contribution in [0.4, 0.5) is 11.4 Å². The molecule has 0 unspecified atom stereocenters. The molecule has 0 aliphatic carbocycles. The molecule has 32 heavy (non-hydrogen) atoms. The number of guanidine groups is 1. The van der Waals surface area contributed by atoms with Gasteiger partial charge in [-0.3, -0.25) is 9.79 Å². The van der Waals surface area contributed by atoms with Crippen LogP contribution in [0.25, 0.3) is 0 Å². The molecule has 1 aliphatic heterocycles. The number of carbonyl (C=O) groups is 1. The molecule has 0 aromatic heterocycles. The van der Waals surface area contributed by atoms with Crippen molar-refractivity contribution in [2.45, 2.75) is 6.54 Å². The summed E-state index contributed by atoms with van der Waals surface area (Å²) >= 11 is 0. The van der Waals surface area contributed by atoms with Gasteiger partial charge in [-0.2, -0.15) is 0 Å². The first-order valence-electron chi connectivity index (χ1n) is 10.9. The predicted molar refractivity (Wildman–Crippen MR) is 131 cm³/mol. The van der Waals surface area contributed by atoms with Gasteiger partial charge in [0.05, 0.1) is 19.3 Å². The van der Waals surface area contributed by atoms with Crippen molar-refractivity contribution in [1.82, 2.24) is 15.1 Å². The van der Waals surface area contributed by atoms with E-state index in [-0.39, 0.29) is 5.91 Å². The molecule has 1 amide bonds. The van der Waals surface area contributed by atoms with Crippen molar-refractivity contribution in [3.63, 3.8) is 0 Å². The molecular weight excluding hydrogens is 404 g/mol. The average molecular weight is 439 g/mol. The highest BCUT2D eigenvalue weighted by atomic mass is 16.5. The van der Waals surface area contributed by atoms with Crippen molar-refractivity contribution in [2.24, 2.45) is 4.99 Å². The van der Waals surface area contributed by atoms with E-state index in [0.717, 1.165) is 54.8 Å². The second kappa shape index (κ2) is 11.4. The molecule has 8 nitrogen and oxygen atoms in total. The maximum Gasteiger partial charge on any atom is 0.238 e. The largest absolute Gasteiger partial charge is 0.495 e. The number of carbonyl (C=O) groups excluding carboxylic acids is 1. The van der Waals surface area contributed by atoms with Gasteiger partial charge in [0, 0.05) is 45.5 Å². The number of amides is 1. The van der Waals surface area contributed by atoms with Crippen molar-refractivity contribution in [3.05, 3.63) is 54.1 Å². The molecule has 0 spiro atoms. The number of anilines is 2. The Hall–Kier alpha value is -3.26. The molecular formula is C24H34N6O2.